The lowest BCUT2D eigenvalue weighted by Crippen LogP contribution is -2.15. The molecule has 0 aliphatic carbocycles. The van der Waals surface area contributed by atoms with Crippen LogP contribution in [0.2, 0.25) is 0 Å². The van der Waals surface area contributed by atoms with Crippen molar-refractivity contribution in [3.05, 3.63) is 35.4 Å². The fraction of sp³-hybridized carbons (Fsp3) is 0.462. The average Bonchev–Trinajstić information content (AvgIpc) is 2.34. The highest BCUT2D eigenvalue weighted by Gasteiger charge is 2.02. The monoisotopic (exact) mass is 237 g/mol. The third-order valence-electron chi connectivity index (χ3n) is 2.51. The van der Waals surface area contributed by atoms with E-state index in [1.54, 1.807) is 18.2 Å². The lowest BCUT2D eigenvalue weighted by molar-refractivity contribution is 0.0696. The van der Waals surface area contributed by atoms with E-state index in [-0.39, 0.29) is 6.61 Å². The summed E-state index contributed by atoms with van der Waals surface area (Å²) < 4.78 is 0. The second-order valence-corrected chi connectivity index (χ2v) is 3.97. The van der Waals surface area contributed by atoms with Gasteiger partial charge < -0.3 is 15.5 Å². The summed E-state index contributed by atoms with van der Waals surface area (Å²) in [7, 11) is 0. The molecule has 3 N–H and O–H groups in total. The van der Waals surface area contributed by atoms with Gasteiger partial charge in [0.25, 0.3) is 0 Å². The van der Waals surface area contributed by atoms with Crippen molar-refractivity contribution in [1.82, 2.24) is 5.32 Å². The Morgan fingerprint density at radius 3 is 2.76 bits per heavy atom. The number of rotatable bonds is 8. The summed E-state index contributed by atoms with van der Waals surface area (Å²) >= 11 is 0. The van der Waals surface area contributed by atoms with E-state index >= 15 is 0 Å². The summed E-state index contributed by atoms with van der Waals surface area (Å²) in [5.74, 6) is -0.894. The zero-order chi connectivity index (χ0) is 12.5. The summed E-state index contributed by atoms with van der Waals surface area (Å²) in [6, 6.07) is 6.94. The number of unbranched alkanes of at least 4 members (excludes halogenated alkanes) is 2. The van der Waals surface area contributed by atoms with Crippen molar-refractivity contribution in [3.8, 4) is 0 Å². The Kier molecular flexibility index (Phi) is 6.29. The second-order valence-electron chi connectivity index (χ2n) is 3.97. The normalized spacial score (nSPS) is 10.4. The Bertz CT molecular complexity index is 352. The van der Waals surface area contributed by atoms with E-state index in [0.717, 1.165) is 31.4 Å². The van der Waals surface area contributed by atoms with Gasteiger partial charge in [0.2, 0.25) is 0 Å². The molecule has 0 amide bonds. The second kappa shape index (κ2) is 7.81. The number of carboxylic acid groups (broad SMARTS) is 1. The summed E-state index contributed by atoms with van der Waals surface area (Å²) in [6.45, 7) is 1.82. The van der Waals surface area contributed by atoms with Crippen LogP contribution in [0.3, 0.4) is 0 Å². The SMILES string of the molecule is O=C(O)c1cccc(CNCCCCCO)c1. The van der Waals surface area contributed by atoms with Crippen molar-refractivity contribution in [3.63, 3.8) is 0 Å². The molecule has 0 aliphatic heterocycles. The Hall–Kier alpha value is -1.39. The molecule has 1 aromatic rings. The van der Waals surface area contributed by atoms with Crippen LogP contribution in [0.25, 0.3) is 0 Å². The van der Waals surface area contributed by atoms with Crippen LogP contribution in [0, 0.1) is 0 Å². The van der Waals surface area contributed by atoms with E-state index in [0.29, 0.717) is 12.1 Å². The average molecular weight is 237 g/mol. The molecule has 0 saturated carbocycles. The van der Waals surface area contributed by atoms with Crippen LogP contribution in [0.1, 0.15) is 35.2 Å². The summed E-state index contributed by atoms with van der Waals surface area (Å²) in [5.41, 5.74) is 1.30. The van der Waals surface area contributed by atoms with Crippen molar-refractivity contribution in [2.75, 3.05) is 13.2 Å². The Morgan fingerprint density at radius 1 is 1.24 bits per heavy atom. The van der Waals surface area contributed by atoms with Gasteiger partial charge in [0.15, 0.2) is 0 Å². The molecule has 0 saturated heterocycles. The number of hydrogen-bond acceptors (Lipinski definition) is 3. The zero-order valence-corrected chi connectivity index (χ0v) is 9.85. The molecular formula is C13H19NO3. The number of nitrogens with one attached hydrogen (secondary N) is 1. The van der Waals surface area contributed by atoms with Gasteiger partial charge in [0, 0.05) is 13.2 Å². The van der Waals surface area contributed by atoms with Crippen molar-refractivity contribution >= 4 is 5.97 Å². The minimum atomic E-state index is -0.894. The lowest BCUT2D eigenvalue weighted by Gasteiger charge is -2.05. The van der Waals surface area contributed by atoms with Gasteiger partial charge >= 0.3 is 5.97 Å². The number of carboxylic acids is 1. The van der Waals surface area contributed by atoms with Crippen molar-refractivity contribution < 1.29 is 15.0 Å². The smallest absolute Gasteiger partial charge is 0.335 e. The third kappa shape index (κ3) is 5.47. The van der Waals surface area contributed by atoms with E-state index in [1.165, 1.54) is 0 Å². The van der Waals surface area contributed by atoms with Crippen molar-refractivity contribution in [1.29, 1.82) is 0 Å². The largest absolute Gasteiger partial charge is 0.478 e. The number of aliphatic hydroxyl groups is 1. The van der Waals surface area contributed by atoms with Crippen LogP contribution in [0.5, 0.6) is 0 Å². The summed E-state index contributed by atoms with van der Waals surface area (Å²) in [4.78, 5) is 10.8. The first-order valence-electron chi connectivity index (χ1n) is 5.88. The van der Waals surface area contributed by atoms with Crippen molar-refractivity contribution in [2.24, 2.45) is 0 Å². The quantitative estimate of drug-likeness (QED) is 0.601. The number of aliphatic hydroxyl groups excluding tert-OH is 1. The Morgan fingerprint density at radius 2 is 2.06 bits per heavy atom. The first-order valence-corrected chi connectivity index (χ1v) is 5.88. The minimum absolute atomic E-state index is 0.251. The van der Waals surface area contributed by atoms with Crippen LogP contribution >= 0.6 is 0 Å². The maximum Gasteiger partial charge on any atom is 0.335 e. The number of aromatic carboxylic acids is 1. The van der Waals surface area contributed by atoms with E-state index in [1.807, 2.05) is 6.07 Å². The highest BCUT2D eigenvalue weighted by atomic mass is 16.4. The number of hydrogen-bond donors (Lipinski definition) is 3. The van der Waals surface area contributed by atoms with Crippen LogP contribution in [0.4, 0.5) is 0 Å². The number of benzene rings is 1. The van der Waals surface area contributed by atoms with Gasteiger partial charge in [-0.1, -0.05) is 12.1 Å². The van der Waals surface area contributed by atoms with Crippen molar-refractivity contribution in [2.45, 2.75) is 25.8 Å². The molecule has 0 aromatic heterocycles. The standard InChI is InChI=1S/C13H19NO3/c15-8-3-1-2-7-14-10-11-5-4-6-12(9-11)13(16)17/h4-6,9,14-15H,1-3,7-8,10H2,(H,16,17). The topological polar surface area (TPSA) is 69.6 Å². The summed E-state index contributed by atoms with van der Waals surface area (Å²) in [6.07, 6.45) is 2.88. The van der Waals surface area contributed by atoms with Crippen LogP contribution < -0.4 is 5.32 Å². The molecule has 0 unspecified atom stereocenters. The van der Waals surface area contributed by atoms with Crippen LogP contribution in [-0.2, 0) is 6.54 Å². The lowest BCUT2D eigenvalue weighted by atomic mass is 10.1. The predicted octanol–water partition coefficient (Wildman–Crippen LogP) is 1.64. The summed E-state index contributed by atoms with van der Waals surface area (Å²) in [5, 5.41) is 20.7. The molecule has 94 valence electrons. The van der Waals surface area contributed by atoms with E-state index < -0.39 is 5.97 Å². The van der Waals surface area contributed by atoms with Gasteiger partial charge in [-0.3, -0.25) is 0 Å². The van der Waals surface area contributed by atoms with E-state index in [4.69, 9.17) is 10.2 Å². The first-order chi connectivity index (χ1) is 8.24. The molecule has 0 aliphatic rings. The third-order valence-corrected chi connectivity index (χ3v) is 2.51. The maximum atomic E-state index is 10.8. The predicted molar refractivity (Wildman–Crippen MR) is 66.0 cm³/mol. The van der Waals surface area contributed by atoms with Crippen LogP contribution in [-0.4, -0.2) is 29.3 Å². The fourth-order valence-electron chi connectivity index (χ4n) is 1.59. The number of carbonyl (C=O) groups is 1. The molecule has 0 atom stereocenters. The van der Waals surface area contributed by atoms with Gasteiger partial charge in [-0.15, -0.1) is 0 Å². The molecule has 4 heteroatoms. The first kappa shape index (κ1) is 13.7. The molecule has 0 fully saturated rings. The molecule has 0 heterocycles. The molecule has 0 bridgehead atoms. The molecule has 0 radical (unpaired) electrons. The van der Waals surface area contributed by atoms with E-state index in [9.17, 15) is 4.79 Å². The molecule has 1 rings (SSSR count). The highest BCUT2D eigenvalue weighted by molar-refractivity contribution is 5.87. The Labute approximate surface area is 101 Å². The molecular weight excluding hydrogens is 218 g/mol. The van der Waals surface area contributed by atoms with Gasteiger partial charge in [0.05, 0.1) is 5.56 Å². The minimum Gasteiger partial charge on any atom is -0.478 e. The molecule has 17 heavy (non-hydrogen) atoms. The van der Waals surface area contributed by atoms with Gasteiger partial charge in [-0.25, -0.2) is 4.79 Å². The Balaban J connectivity index is 2.27. The van der Waals surface area contributed by atoms with Gasteiger partial charge in [0.1, 0.15) is 0 Å². The van der Waals surface area contributed by atoms with Gasteiger partial charge in [-0.2, -0.15) is 0 Å². The maximum absolute atomic E-state index is 10.8. The zero-order valence-electron chi connectivity index (χ0n) is 9.85. The molecule has 0 spiro atoms. The van der Waals surface area contributed by atoms with Gasteiger partial charge in [-0.05, 0) is 43.5 Å². The molecule has 4 nitrogen and oxygen atoms in total. The fourth-order valence-corrected chi connectivity index (χ4v) is 1.59. The highest BCUT2D eigenvalue weighted by Crippen LogP contribution is 2.05. The molecule has 1 aromatic carbocycles. The van der Waals surface area contributed by atoms with E-state index in [2.05, 4.69) is 5.32 Å². The van der Waals surface area contributed by atoms with Crippen LogP contribution in [0.15, 0.2) is 24.3 Å².